The van der Waals surface area contributed by atoms with Gasteiger partial charge in [-0.2, -0.15) is 0 Å². The molecule has 0 spiro atoms. The van der Waals surface area contributed by atoms with E-state index in [0.717, 1.165) is 26.9 Å². The molecule has 0 bridgehead atoms. The summed E-state index contributed by atoms with van der Waals surface area (Å²) in [5.74, 6) is -0.945. The largest absolute Gasteiger partial charge is 0.478 e. The Morgan fingerprint density at radius 2 is 2.04 bits per heavy atom. The predicted octanol–water partition coefficient (Wildman–Crippen LogP) is 4.42. The van der Waals surface area contributed by atoms with Crippen LogP contribution in [-0.4, -0.2) is 25.7 Å². The number of anilines is 1. The Morgan fingerprint density at radius 3 is 2.73 bits per heavy atom. The number of nitrogens with zero attached hydrogens (tertiary/aromatic N) is 3. The van der Waals surface area contributed by atoms with Gasteiger partial charge in [0, 0.05) is 17.1 Å². The number of carboxylic acids is 1. The van der Waals surface area contributed by atoms with Crippen molar-refractivity contribution in [2.75, 3.05) is 5.32 Å². The highest BCUT2D eigenvalue weighted by molar-refractivity contribution is 7.20. The van der Waals surface area contributed by atoms with Gasteiger partial charge in [0.05, 0.1) is 17.5 Å². The monoisotopic (exact) mass is 384 g/mol. The molecule has 8 heteroatoms. The van der Waals surface area contributed by atoms with Crippen LogP contribution in [0.1, 0.15) is 15.9 Å². The molecule has 0 aliphatic carbocycles. The second kappa shape index (κ2) is 6.78. The number of carbonyl (C=O) groups is 1. The maximum Gasteiger partial charge on any atom is 0.335 e. The first-order valence-corrected chi connectivity index (χ1v) is 8.96. The summed E-state index contributed by atoms with van der Waals surface area (Å²) in [6.45, 7) is 0.626. The summed E-state index contributed by atoms with van der Waals surface area (Å²) in [6, 6.07) is 14.3. The van der Waals surface area contributed by atoms with Crippen LogP contribution in [0.25, 0.3) is 16.2 Å². The standard InChI is InChI=1S/C18H13ClN4O2S/c19-14-3-1-2-11(8-14)9-20-17-22-23-10-15(21-18(23)26-17)12-4-6-13(7-5-12)16(24)25/h1-8,10H,9H2,(H,20,22)(H,24,25). The molecule has 2 heterocycles. The van der Waals surface area contributed by atoms with Crippen molar-refractivity contribution in [2.45, 2.75) is 6.54 Å². The van der Waals surface area contributed by atoms with Crippen LogP contribution in [0.4, 0.5) is 5.13 Å². The highest BCUT2D eigenvalue weighted by Crippen LogP contribution is 2.25. The van der Waals surface area contributed by atoms with Gasteiger partial charge in [0.15, 0.2) is 0 Å². The lowest BCUT2D eigenvalue weighted by Gasteiger charge is -2.02. The highest BCUT2D eigenvalue weighted by atomic mass is 35.5. The van der Waals surface area contributed by atoms with Crippen LogP contribution in [0.15, 0.2) is 54.7 Å². The molecule has 0 aliphatic heterocycles. The van der Waals surface area contributed by atoms with Crippen LogP contribution in [-0.2, 0) is 6.54 Å². The fraction of sp³-hybridized carbons (Fsp3) is 0.0556. The quantitative estimate of drug-likeness (QED) is 0.532. The van der Waals surface area contributed by atoms with Crippen molar-refractivity contribution in [3.63, 3.8) is 0 Å². The number of carboxylic acid groups (broad SMARTS) is 1. The smallest absolute Gasteiger partial charge is 0.335 e. The third-order valence-electron chi connectivity index (χ3n) is 3.80. The zero-order valence-electron chi connectivity index (χ0n) is 13.4. The number of hydrogen-bond donors (Lipinski definition) is 2. The Bertz CT molecular complexity index is 1060. The van der Waals surface area contributed by atoms with Gasteiger partial charge < -0.3 is 10.4 Å². The van der Waals surface area contributed by atoms with E-state index in [9.17, 15) is 4.79 Å². The van der Waals surface area contributed by atoms with Gasteiger partial charge in [0.25, 0.3) is 0 Å². The van der Waals surface area contributed by atoms with Crippen molar-refractivity contribution >= 4 is 39.0 Å². The summed E-state index contributed by atoms with van der Waals surface area (Å²) in [6.07, 6.45) is 1.83. The van der Waals surface area contributed by atoms with Crippen LogP contribution in [0.3, 0.4) is 0 Å². The average molecular weight is 385 g/mol. The van der Waals surface area contributed by atoms with Crippen molar-refractivity contribution in [3.8, 4) is 11.3 Å². The van der Waals surface area contributed by atoms with E-state index in [1.54, 1.807) is 28.8 Å². The molecule has 2 aromatic heterocycles. The van der Waals surface area contributed by atoms with E-state index < -0.39 is 5.97 Å². The Kier molecular flexibility index (Phi) is 4.32. The zero-order chi connectivity index (χ0) is 18.1. The van der Waals surface area contributed by atoms with Crippen LogP contribution >= 0.6 is 22.9 Å². The summed E-state index contributed by atoms with van der Waals surface area (Å²) >= 11 is 7.44. The third kappa shape index (κ3) is 3.40. The van der Waals surface area contributed by atoms with Crippen LogP contribution in [0.5, 0.6) is 0 Å². The summed E-state index contributed by atoms with van der Waals surface area (Å²) in [4.78, 5) is 16.2. The number of halogens is 1. The number of nitrogens with one attached hydrogen (secondary N) is 1. The minimum atomic E-state index is -0.945. The molecule has 26 heavy (non-hydrogen) atoms. The lowest BCUT2D eigenvalue weighted by Crippen LogP contribution is -1.99. The topological polar surface area (TPSA) is 79.5 Å². The number of rotatable bonds is 5. The molecule has 0 saturated heterocycles. The zero-order valence-corrected chi connectivity index (χ0v) is 15.0. The SMILES string of the molecule is O=C(O)c1ccc(-c2cn3nc(NCc4cccc(Cl)c4)sc3n2)cc1. The Hall–Kier alpha value is -2.90. The van der Waals surface area contributed by atoms with Crippen LogP contribution in [0.2, 0.25) is 5.02 Å². The number of hydrogen-bond acceptors (Lipinski definition) is 5. The third-order valence-corrected chi connectivity index (χ3v) is 4.92. The van der Waals surface area contributed by atoms with Gasteiger partial charge in [-0.15, -0.1) is 5.10 Å². The molecule has 0 radical (unpaired) electrons. The van der Waals surface area contributed by atoms with Crippen molar-refractivity contribution in [3.05, 3.63) is 70.9 Å². The van der Waals surface area contributed by atoms with E-state index in [2.05, 4.69) is 15.4 Å². The second-order valence-corrected chi connectivity index (χ2v) is 7.02. The van der Waals surface area contributed by atoms with Crippen LogP contribution in [0, 0.1) is 0 Å². The Morgan fingerprint density at radius 1 is 1.23 bits per heavy atom. The van der Waals surface area contributed by atoms with E-state index in [4.69, 9.17) is 16.7 Å². The molecule has 2 N–H and O–H groups in total. The Balaban J connectivity index is 1.51. The maximum absolute atomic E-state index is 10.9. The van der Waals surface area contributed by atoms with Gasteiger partial charge in [-0.25, -0.2) is 14.3 Å². The number of fused-ring (bicyclic) bond motifs is 1. The highest BCUT2D eigenvalue weighted by Gasteiger charge is 2.10. The van der Waals surface area contributed by atoms with E-state index >= 15 is 0 Å². The van der Waals surface area contributed by atoms with Crippen molar-refractivity contribution in [1.82, 2.24) is 14.6 Å². The Labute approximate surface area is 157 Å². The molecule has 0 atom stereocenters. The molecule has 6 nitrogen and oxygen atoms in total. The molecule has 0 amide bonds. The normalized spacial score (nSPS) is 11.0. The second-order valence-electron chi connectivity index (χ2n) is 5.63. The first kappa shape index (κ1) is 16.6. The van der Waals surface area contributed by atoms with Crippen LogP contribution < -0.4 is 5.32 Å². The van der Waals surface area contributed by atoms with E-state index in [0.29, 0.717) is 11.6 Å². The average Bonchev–Trinajstić information content (AvgIpc) is 3.19. The first-order valence-electron chi connectivity index (χ1n) is 7.77. The van der Waals surface area contributed by atoms with Gasteiger partial charge in [0.1, 0.15) is 0 Å². The number of aromatic carboxylic acids is 1. The first-order chi connectivity index (χ1) is 12.6. The number of aromatic nitrogens is 3. The summed E-state index contributed by atoms with van der Waals surface area (Å²) < 4.78 is 1.71. The van der Waals surface area contributed by atoms with Crippen molar-refractivity contribution in [1.29, 1.82) is 0 Å². The van der Waals surface area contributed by atoms with Gasteiger partial charge in [0.2, 0.25) is 10.1 Å². The molecule has 0 aliphatic rings. The van der Waals surface area contributed by atoms with Crippen molar-refractivity contribution in [2.24, 2.45) is 0 Å². The molecule has 0 fully saturated rings. The van der Waals surface area contributed by atoms with E-state index in [-0.39, 0.29) is 5.56 Å². The predicted molar refractivity (Wildman–Crippen MR) is 102 cm³/mol. The van der Waals surface area contributed by atoms with Gasteiger partial charge >= 0.3 is 5.97 Å². The molecule has 4 rings (SSSR count). The fourth-order valence-corrected chi connectivity index (χ4v) is 3.51. The summed E-state index contributed by atoms with van der Waals surface area (Å²) in [7, 11) is 0. The van der Waals surface area contributed by atoms with Gasteiger partial charge in [-0.05, 0) is 29.8 Å². The lowest BCUT2D eigenvalue weighted by molar-refractivity contribution is 0.0697. The minimum absolute atomic E-state index is 0.250. The summed E-state index contributed by atoms with van der Waals surface area (Å²) in [5, 5.41) is 18.2. The maximum atomic E-state index is 10.9. The lowest BCUT2D eigenvalue weighted by atomic mass is 10.1. The molecule has 0 saturated carbocycles. The fourth-order valence-electron chi connectivity index (χ4n) is 2.52. The van der Waals surface area contributed by atoms with Gasteiger partial charge in [-0.1, -0.05) is 47.2 Å². The molecule has 2 aromatic carbocycles. The number of imidazole rings is 1. The molecular weight excluding hydrogens is 372 g/mol. The number of benzene rings is 2. The van der Waals surface area contributed by atoms with E-state index in [1.807, 2.05) is 30.5 Å². The summed E-state index contributed by atoms with van der Waals surface area (Å²) in [5.41, 5.74) is 2.92. The minimum Gasteiger partial charge on any atom is -0.478 e. The molecule has 0 unspecified atom stereocenters. The molecular formula is C18H13ClN4O2S. The van der Waals surface area contributed by atoms with Crippen molar-refractivity contribution < 1.29 is 9.90 Å². The molecule has 4 aromatic rings. The molecule has 130 valence electrons. The van der Waals surface area contributed by atoms with Gasteiger partial charge in [-0.3, -0.25) is 0 Å². The van der Waals surface area contributed by atoms with E-state index in [1.165, 1.54) is 11.3 Å².